The Hall–Kier alpha value is -1.84. The molecule has 0 saturated carbocycles. The second-order valence-electron chi connectivity index (χ2n) is 7.44. The molecule has 0 saturated heterocycles. The van der Waals surface area contributed by atoms with Crippen molar-refractivity contribution in [2.75, 3.05) is 0 Å². The summed E-state index contributed by atoms with van der Waals surface area (Å²) in [5, 5.41) is 19.3. The SMILES string of the molecule is CC(C)(C)c1cc(CC(=O)C(=O)O)cc(C(C)(C)C)c1O. The average Bonchev–Trinajstić information content (AvgIpc) is 2.27. The van der Waals surface area contributed by atoms with E-state index in [1.165, 1.54) is 0 Å². The van der Waals surface area contributed by atoms with Crippen LogP contribution in [0.5, 0.6) is 5.75 Å². The van der Waals surface area contributed by atoms with E-state index in [1.54, 1.807) is 12.1 Å². The first-order valence-electron chi connectivity index (χ1n) is 6.97. The molecular formula is C17H24O4. The standard InChI is InChI=1S/C17H24O4/c1-16(2,3)11-7-10(9-13(18)15(20)21)8-12(14(11)19)17(4,5)6/h7-8,19H,9H2,1-6H3,(H,20,21). The van der Waals surface area contributed by atoms with Gasteiger partial charge >= 0.3 is 5.97 Å². The summed E-state index contributed by atoms with van der Waals surface area (Å²) in [7, 11) is 0. The maximum Gasteiger partial charge on any atom is 0.372 e. The average molecular weight is 292 g/mol. The number of Topliss-reactive ketones (excluding diaryl/α,β-unsaturated/α-hetero) is 1. The van der Waals surface area contributed by atoms with Gasteiger partial charge in [0.2, 0.25) is 5.78 Å². The Morgan fingerprint density at radius 1 is 0.952 bits per heavy atom. The van der Waals surface area contributed by atoms with E-state index >= 15 is 0 Å². The number of ketones is 1. The van der Waals surface area contributed by atoms with Crippen LogP contribution < -0.4 is 0 Å². The highest BCUT2D eigenvalue weighted by molar-refractivity contribution is 6.33. The quantitative estimate of drug-likeness (QED) is 0.839. The summed E-state index contributed by atoms with van der Waals surface area (Å²) in [4.78, 5) is 22.2. The highest BCUT2D eigenvalue weighted by atomic mass is 16.4. The predicted molar refractivity (Wildman–Crippen MR) is 81.9 cm³/mol. The van der Waals surface area contributed by atoms with Gasteiger partial charge in [0.15, 0.2) is 0 Å². The maximum atomic E-state index is 11.5. The lowest BCUT2D eigenvalue weighted by Gasteiger charge is -2.28. The summed E-state index contributed by atoms with van der Waals surface area (Å²) < 4.78 is 0. The molecule has 1 aromatic carbocycles. The highest BCUT2D eigenvalue weighted by Crippen LogP contribution is 2.39. The molecule has 0 bridgehead atoms. The molecule has 4 heteroatoms. The molecule has 0 aliphatic rings. The Bertz CT molecular complexity index is 536. The Morgan fingerprint density at radius 2 is 1.33 bits per heavy atom. The number of carboxylic acids is 1. The first-order chi connectivity index (χ1) is 9.34. The van der Waals surface area contributed by atoms with Gasteiger partial charge in [-0.25, -0.2) is 4.79 Å². The van der Waals surface area contributed by atoms with Crippen LogP contribution in [0.3, 0.4) is 0 Å². The number of phenolic OH excluding ortho intramolecular Hbond substituents is 1. The van der Waals surface area contributed by atoms with Crippen molar-refractivity contribution < 1.29 is 19.8 Å². The number of benzene rings is 1. The number of hydrogen-bond acceptors (Lipinski definition) is 3. The monoisotopic (exact) mass is 292 g/mol. The van der Waals surface area contributed by atoms with Crippen molar-refractivity contribution >= 4 is 11.8 Å². The smallest absolute Gasteiger partial charge is 0.372 e. The Labute approximate surface area is 125 Å². The molecule has 116 valence electrons. The molecule has 0 fully saturated rings. The third-order valence-electron chi connectivity index (χ3n) is 3.39. The zero-order valence-electron chi connectivity index (χ0n) is 13.6. The Morgan fingerprint density at radius 3 is 1.62 bits per heavy atom. The largest absolute Gasteiger partial charge is 0.507 e. The van der Waals surface area contributed by atoms with Gasteiger partial charge in [0.05, 0.1) is 0 Å². The number of carbonyl (C=O) groups is 2. The summed E-state index contributed by atoms with van der Waals surface area (Å²) >= 11 is 0. The molecule has 0 aliphatic heterocycles. The summed E-state index contributed by atoms with van der Waals surface area (Å²) in [5.41, 5.74) is 1.47. The third-order valence-corrected chi connectivity index (χ3v) is 3.39. The van der Waals surface area contributed by atoms with E-state index in [4.69, 9.17) is 5.11 Å². The van der Waals surface area contributed by atoms with Gasteiger partial charge in [-0.15, -0.1) is 0 Å². The second-order valence-corrected chi connectivity index (χ2v) is 7.44. The second kappa shape index (κ2) is 5.51. The fourth-order valence-corrected chi connectivity index (χ4v) is 2.20. The van der Waals surface area contributed by atoms with Crippen molar-refractivity contribution in [2.24, 2.45) is 0 Å². The third kappa shape index (κ3) is 4.06. The van der Waals surface area contributed by atoms with Crippen LogP contribution in [0.15, 0.2) is 12.1 Å². The summed E-state index contributed by atoms with van der Waals surface area (Å²) in [6.07, 6.45) is -0.165. The number of aliphatic carboxylic acids is 1. The fraction of sp³-hybridized carbons (Fsp3) is 0.529. The van der Waals surface area contributed by atoms with Crippen LogP contribution in [0.25, 0.3) is 0 Å². The summed E-state index contributed by atoms with van der Waals surface area (Å²) in [5.74, 6) is -2.06. The van der Waals surface area contributed by atoms with E-state index in [1.807, 2.05) is 41.5 Å². The lowest BCUT2D eigenvalue weighted by atomic mass is 9.78. The van der Waals surface area contributed by atoms with Crippen molar-refractivity contribution in [1.82, 2.24) is 0 Å². The van der Waals surface area contributed by atoms with Crippen molar-refractivity contribution in [1.29, 1.82) is 0 Å². The Balaban J connectivity index is 3.48. The molecule has 2 N–H and O–H groups in total. The lowest BCUT2D eigenvalue weighted by molar-refractivity contribution is -0.148. The normalized spacial score (nSPS) is 12.3. The van der Waals surface area contributed by atoms with E-state index in [-0.39, 0.29) is 23.0 Å². The molecule has 0 spiro atoms. The molecule has 1 aromatic rings. The van der Waals surface area contributed by atoms with E-state index in [9.17, 15) is 14.7 Å². The van der Waals surface area contributed by atoms with Crippen LogP contribution in [0, 0.1) is 0 Å². The molecule has 0 aliphatic carbocycles. The summed E-state index contributed by atoms with van der Waals surface area (Å²) in [6.45, 7) is 11.8. The first kappa shape index (κ1) is 17.2. The van der Waals surface area contributed by atoms with E-state index in [0.717, 1.165) is 11.1 Å². The number of phenols is 1. The Kier molecular flexibility index (Phi) is 4.51. The lowest BCUT2D eigenvalue weighted by Crippen LogP contribution is -2.20. The van der Waals surface area contributed by atoms with Crippen molar-refractivity contribution in [2.45, 2.75) is 58.8 Å². The highest BCUT2D eigenvalue weighted by Gasteiger charge is 2.27. The van der Waals surface area contributed by atoms with Crippen LogP contribution in [-0.2, 0) is 26.8 Å². The predicted octanol–water partition coefficient (Wildman–Crippen LogP) is 3.18. The van der Waals surface area contributed by atoms with Gasteiger partial charge in [-0.2, -0.15) is 0 Å². The maximum absolute atomic E-state index is 11.5. The van der Waals surface area contributed by atoms with Crippen LogP contribution in [0.4, 0.5) is 0 Å². The molecule has 0 heterocycles. The molecular weight excluding hydrogens is 268 g/mol. The molecule has 1 rings (SSSR count). The fourth-order valence-electron chi connectivity index (χ4n) is 2.20. The van der Waals surface area contributed by atoms with Gasteiger partial charge in [0, 0.05) is 6.42 Å². The van der Waals surface area contributed by atoms with Gasteiger partial charge in [0.1, 0.15) is 5.75 Å². The topological polar surface area (TPSA) is 74.6 Å². The summed E-state index contributed by atoms with van der Waals surface area (Å²) in [6, 6.07) is 3.46. The minimum Gasteiger partial charge on any atom is -0.507 e. The molecule has 0 unspecified atom stereocenters. The zero-order chi connectivity index (χ0) is 16.6. The van der Waals surface area contributed by atoms with Crippen molar-refractivity contribution in [3.05, 3.63) is 28.8 Å². The number of rotatable bonds is 3. The van der Waals surface area contributed by atoms with Crippen LogP contribution in [0.2, 0.25) is 0 Å². The number of carboxylic acid groups (broad SMARTS) is 1. The van der Waals surface area contributed by atoms with E-state index < -0.39 is 11.8 Å². The van der Waals surface area contributed by atoms with Crippen LogP contribution in [0.1, 0.15) is 58.2 Å². The minimum absolute atomic E-state index is 0.165. The van der Waals surface area contributed by atoms with Crippen molar-refractivity contribution in [3.63, 3.8) is 0 Å². The van der Waals surface area contributed by atoms with Gasteiger partial charge < -0.3 is 10.2 Å². The van der Waals surface area contributed by atoms with E-state index in [2.05, 4.69) is 0 Å². The molecule has 21 heavy (non-hydrogen) atoms. The minimum atomic E-state index is -1.43. The number of carbonyl (C=O) groups excluding carboxylic acids is 1. The number of hydrogen-bond donors (Lipinski definition) is 2. The van der Waals surface area contributed by atoms with Gasteiger partial charge in [0.25, 0.3) is 0 Å². The van der Waals surface area contributed by atoms with Gasteiger partial charge in [-0.3, -0.25) is 4.79 Å². The van der Waals surface area contributed by atoms with Crippen molar-refractivity contribution in [3.8, 4) is 5.75 Å². The van der Waals surface area contributed by atoms with E-state index in [0.29, 0.717) is 5.56 Å². The van der Waals surface area contributed by atoms with Gasteiger partial charge in [-0.1, -0.05) is 53.7 Å². The molecule has 0 radical (unpaired) electrons. The van der Waals surface area contributed by atoms with Crippen LogP contribution >= 0.6 is 0 Å². The van der Waals surface area contributed by atoms with Gasteiger partial charge in [-0.05, 0) is 27.5 Å². The molecule has 4 nitrogen and oxygen atoms in total. The molecule has 0 atom stereocenters. The molecule has 0 amide bonds. The molecule has 0 aromatic heterocycles. The zero-order valence-corrected chi connectivity index (χ0v) is 13.6. The van der Waals surface area contributed by atoms with Crippen LogP contribution in [-0.4, -0.2) is 22.0 Å². The first-order valence-corrected chi connectivity index (χ1v) is 6.97. The number of aromatic hydroxyl groups is 1.